The first kappa shape index (κ1) is 19.6. The average Bonchev–Trinajstić information content (AvgIpc) is 3.40. The quantitative estimate of drug-likeness (QED) is 0.598. The Morgan fingerprint density at radius 1 is 1.21 bits per heavy atom. The van der Waals surface area contributed by atoms with Gasteiger partial charge in [0, 0.05) is 4.88 Å². The van der Waals surface area contributed by atoms with E-state index < -0.39 is 35.3 Å². The third kappa shape index (κ3) is 2.94. The smallest absolute Gasteiger partial charge is 0.326 e. The lowest BCUT2D eigenvalue weighted by Crippen LogP contribution is -2.54. The number of benzene rings is 1. The molecule has 29 heavy (non-hydrogen) atoms. The van der Waals surface area contributed by atoms with Crippen LogP contribution in [0.4, 0.5) is 5.69 Å². The topological polar surface area (TPSA) is 84.9 Å². The summed E-state index contributed by atoms with van der Waals surface area (Å²) < 4.78 is 10.4. The summed E-state index contributed by atoms with van der Waals surface area (Å²) in [5, 5.41) is 5.17. The number of hydrogen-bond acceptors (Lipinski definition) is 7. The van der Waals surface area contributed by atoms with Gasteiger partial charge in [0.25, 0.3) is 0 Å². The summed E-state index contributed by atoms with van der Waals surface area (Å²) >= 11 is 1.49. The van der Waals surface area contributed by atoms with E-state index in [1.165, 1.54) is 16.2 Å². The summed E-state index contributed by atoms with van der Waals surface area (Å²) in [7, 11) is 1.55. The van der Waals surface area contributed by atoms with Crippen LogP contribution in [0, 0.1) is 11.8 Å². The number of carbonyl (C=O) groups excluding carboxylic acids is 3. The van der Waals surface area contributed by atoms with Gasteiger partial charge < -0.3 is 9.47 Å². The van der Waals surface area contributed by atoms with E-state index in [2.05, 4.69) is 5.32 Å². The first-order valence-electron chi connectivity index (χ1n) is 9.42. The second-order valence-corrected chi connectivity index (χ2v) is 8.25. The molecular weight excluding hydrogens is 392 g/mol. The highest BCUT2D eigenvalue weighted by molar-refractivity contribution is 7.10. The third-order valence-corrected chi connectivity index (χ3v) is 6.62. The van der Waals surface area contributed by atoms with Crippen molar-refractivity contribution in [3.63, 3.8) is 0 Å². The van der Waals surface area contributed by atoms with Crippen LogP contribution >= 0.6 is 11.3 Å². The Morgan fingerprint density at radius 2 is 1.93 bits per heavy atom. The Kier molecular flexibility index (Phi) is 4.92. The van der Waals surface area contributed by atoms with Gasteiger partial charge in [0.05, 0.1) is 37.3 Å². The molecule has 0 radical (unpaired) electrons. The van der Waals surface area contributed by atoms with E-state index in [0.29, 0.717) is 11.4 Å². The molecule has 2 aromatic rings. The molecule has 3 heterocycles. The van der Waals surface area contributed by atoms with E-state index in [-0.39, 0.29) is 12.5 Å². The van der Waals surface area contributed by atoms with Crippen LogP contribution in [0.3, 0.4) is 0 Å². The molecule has 1 aromatic carbocycles. The molecule has 152 valence electrons. The van der Waals surface area contributed by atoms with Crippen molar-refractivity contribution in [1.29, 1.82) is 0 Å². The van der Waals surface area contributed by atoms with E-state index in [9.17, 15) is 14.4 Å². The molecule has 2 aliphatic rings. The number of anilines is 1. The monoisotopic (exact) mass is 414 g/mol. The van der Waals surface area contributed by atoms with Crippen molar-refractivity contribution in [2.45, 2.75) is 25.4 Å². The largest absolute Gasteiger partial charge is 0.497 e. The zero-order chi connectivity index (χ0) is 20.8. The molecule has 0 aliphatic carbocycles. The van der Waals surface area contributed by atoms with Gasteiger partial charge in [-0.25, -0.2) is 4.90 Å². The lowest BCUT2D eigenvalue weighted by atomic mass is 9.81. The summed E-state index contributed by atoms with van der Waals surface area (Å²) in [5.74, 6) is -2.13. The van der Waals surface area contributed by atoms with Gasteiger partial charge in [0.1, 0.15) is 11.3 Å². The lowest BCUT2D eigenvalue weighted by Gasteiger charge is -2.29. The number of esters is 1. The summed E-state index contributed by atoms with van der Waals surface area (Å²) in [5.41, 5.74) is -0.824. The van der Waals surface area contributed by atoms with Crippen LogP contribution in [-0.2, 0) is 19.1 Å². The van der Waals surface area contributed by atoms with Crippen molar-refractivity contribution >= 4 is 34.8 Å². The zero-order valence-corrected chi connectivity index (χ0v) is 17.2. The maximum absolute atomic E-state index is 13.4. The summed E-state index contributed by atoms with van der Waals surface area (Å²) in [6, 6.07) is 10.1. The highest BCUT2D eigenvalue weighted by Crippen LogP contribution is 2.50. The van der Waals surface area contributed by atoms with Crippen molar-refractivity contribution < 1.29 is 23.9 Å². The fourth-order valence-corrected chi connectivity index (χ4v) is 5.13. The lowest BCUT2D eigenvalue weighted by molar-refractivity contribution is -0.153. The Hall–Kier alpha value is -2.71. The molecular formula is C21H22N2O5S. The molecule has 4 atom stereocenters. The molecule has 8 heteroatoms. The number of nitrogens with one attached hydrogen (secondary N) is 1. The van der Waals surface area contributed by atoms with Crippen LogP contribution < -0.4 is 15.0 Å². The highest BCUT2D eigenvalue weighted by Gasteiger charge is 2.67. The Morgan fingerprint density at radius 3 is 2.52 bits per heavy atom. The molecule has 2 aliphatic heterocycles. The Labute approximate surface area is 172 Å². The van der Waals surface area contributed by atoms with Gasteiger partial charge in [-0.1, -0.05) is 6.07 Å². The van der Waals surface area contributed by atoms with Crippen LogP contribution in [0.2, 0.25) is 0 Å². The number of ether oxygens (including phenoxy) is 2. The van der Waals surface area contributed by atoms with Crippen molar-refractivity contribution in [2.75, 3.05) is 18.6 Å². The van der Waals surface area contributed by atoms with Gasteiger partial charge in [0.2, 0.25) is 11.8 Å². The molecule has 1 aromatic heterocycles. The fraction of sp³-hybridized carbons (Fsp3) is 0.381. The van der Waals surface area contributed by atoms with Crippen LogP contribution in [-0.4, -0.2) is 37.0 Å². The molecule has 0 spiro atoms. The molecule has 0 bridgehead atoms. The van der Waals surface area contributed by atoms with Gasteiger partial charge in [0.15, 0.2) is 0 Å². The van der Waals surface area contributed by atoms with Crippen LogP contribution in [0.1, 0.15) is 24.8 Å². The normalized spacial score (nSPS) is 28.5. The molecule has 1 N–H and O–H groups in total. The summed E-state index contributed by atoms with van der Waals surface area (Å²) in [4.78, 5) is 41.8. The molecule has 0 saturated carbocycles. The second-order valence-electron chi connectivity index (χ2n) is 7.27. The SMILES string of the molecule is CCOC(=O)[C@]1(C)N[C@H](c2cccs2)[C@@H]2C(=O)N(c3ccc(OC)cc3)C(=O)[C@H]21. The number of fused-ring (bicyclic) bond motifs is 1. The number of hydrogen-bond donors (Lipinski definition) is 1. The van der Waals surface area contributed by atoms with E-state index in [1.807, 2.05) is 17.5 Å². The molecule has 2 fully saturated rings. The van der Waals surface area contributed by atoms with E-state index in [1.54, 1.807) is 45.2 Å². The molecule has 7 nitrogen and oxygen atoms in total. The van der Waals surface area contributed by atoms with Gasteiger partial charge in [-0.3, -0.25) is 19.7 Å². The first-order chi connectivity index (χ1) is 13.9. The van der Waals surface area contributed by atoms with Crippen molar-refractivity contribution in [3.05, 3.63) is 46.7 Å². The number of thiophene rings is 1. The van der Waals surface area contributed by atoms with Crippen molar-refractivity contribution in [1.82, 2.24) is 5.32 Å². The average molecular weight is 414 g/mol. The maximum Gasteiger partial charge on any atom is 0.326 e. The highest BCUT2D eigenvalue weighted by atomic mass is 32.1. The number of carbonyl (C=O) groups is 3. The summed E-state index contributed by atoms with van der Waals surface area (Å²) in [6.07, 6.45) is 0. The van der Waals surface area contributed by atoms with Crippen LogP contribution in [0.25, 0.3) is 0 Å². The zero-order valence-electron chi connectivity index (χ0n) is 16.4. The van der Waals surface area contributed by atoms with Gasteiger partial charge >= 0.3 is 5.97 Å². The van der Waals surface area contributed by atoms with Gasteiger partial charge in [-0.15, -0.1) is 11.3 Å². The van der Waals surface area contributed by atoms with Crippen LogP contribution in [0.15, 0.2) is 41.8 Å². The molecule has 0 unspecified atom stereocenters. The van der Waals surface area contributed by atoms with Gasteiger partial charge in [-0.2, -0.15) is 0 Å². The molecule has 2 saturated heterocycles. The number of methoxy groups -OCH3 is 1. The summed E-state index contributed by atoms with van der Waals surface area (Å²) in [6.45, 7) is 3.57. The first-order valence-corrected chi connectivity index (χ1v) is 10.3. The minimum atomic E-state index is -1.29. The number of amides is 2. The maximum atomic E-state index is 13.4. The second kappa shape index (κ2) is 7.27. The Bertz CT molecular complexity index is 942. The number of nitrogens with zero attached hydrogens (tertiary/aromatic N) is 1. The minimum Gasteiger partial charge on any atom is -0.497 e. The molecule has 2 amide bonds. The van der Waals surface area contributed by atoms with Crippen molar-refractivity contribution in [3.8, 4) is 5.75 Å². The Balaban J connectivity index is 1.77. The van der Waals surface area contributed by atoms with Crippen LogP contribution in [0.5, 0.6) is 5.75 Å². The van der Waals surface area contributed by atoms with Crippen molar-refractivity contribution in [2.24, 2.45) is 11.8 Å². The standard InChI is InChI=1S/C21H22N2O5S/c1-4-28-20(26)21(2)16-15(17(22-21)14-6-5-11-29-14)18(24)23(19(16)25)12-7-9-13(27-3)10-8-12/h5-11,15-17,22H,4H2,1-3H3/t15-,16+,17-,21-/m1/s1. The fourth-order valence-electron chi connectivity index (χ4n) is 4.31. The van der Waals surface area contributed by atoms with E-state index in [4.69, 9.17) is 9.47 Å². The van der Waals surface area contributed by atoms with Gasteiger partial charge in [-0.05, 0) is 49.6 Å². The number of rotatable bonds is 5. The molecule has 4 rings (SSSR count). The number of imide groups is 1. The third-order valence-electron chi connectivity index (χ3n) is 5.67. The van der Waals surface area contributed by atoms with E-state index >= 15 is 0 Å². The minimum absolute atomic E-state index is 0.196. The van der Waals surface area contributed by atoms with E-state index in [0.717, 1.165) is 4.88 Å². The predicted octanol–water partition coefficient (Wildman–Crippen LogP) is 2.53. The predicted molar refractivity (Wildman–Crippen MR) is 108 cm³/mol.